The number of nitrogens with one attached hydrogen (secondary N) is 1. The van der Waals surface area contributed by atoms with Gasteiger partial charge in [-0.25, -0.2) is 9.97 Å². The Hall–Kier alpha value is -2.70. The molecule has 1 N–H and O–H groups in total. The van der Waals surface area contributed by atoms with Crippen LogP contribution in [0, 0.1) is 0 Å². The van der Waals surface area contributed by atoms with Gasteiger partial charge in [0, 0.05) is 37.7 Å². The van der Waals surface area contributed by atoms with Crippen molar-refractivity contribution in [3.63, 3.8) is 0 Å². The van der Waals surface area contributed by atoms with Crippen LogP contribution in [-0.2, 0) is 0 Å². The number of ether oxygens (including phenoxy) is 1. The molecule has 1 saturated heterocycles. The van der Waals surface area contributed by atoms with Gasteiger partial charge in [0.15, 0.2) is 5.82 Å². The molecule has 7 nitrogen and oxygen atoms in total. The average Bonchev–Trinajstić information content (AvgIpc) is 2.64. The van der Waals surface area contributed by atoms with Crippen molar-refractivity contribution in [1.82, 2.24) is 19.9 Å². The van der Waals surface area contributed by atoms with E-state index in [4.69, 9.17) is 4.74 Å². The highest BCUT2D eigenvalue weighted by molar-refractivity contribution is 5.92. The van der Waals surface area contributed by atoms with Gasteiger partial charge in [-0.05, 0) is 31.9 Å². The van der Waals surface area contributed by atoms with Gasteiger partial charge in [0.05, 0.1) is 6.61 Å². The summed E-state index contributed by atoms with van der Waals surface area (Å²) in [4.78, 5) is 26.9. The predicted molar refractivity (Wildman–Crippen MR) is 90.0 cm³/mol. The number of hydrogen-bond acceptors (Lipinski definition) is 6. The second-order valence-corrected chi connectivity index (χ2v) is 5.57. The first-order valence-corrected chi connectivity index (χ1v) is 8.18. The second kappa shape index (κ2) is 7.72. The summed E-state index contributed by atoms with van der Waals surface area (Å²) in [6, 6.07) is 5.64. The number of nitrogens with zero attached hydrogens (tertiary/aromatic N) is 4. The number of aromatic nitrogens is 3. The molecule has 126 valence electrons. The molecule has 1 fully saturated rings. The second-order valence-electron chi connectivity index (χ2n) is 5.57. The van der Waals surface area contributed by atoms with Crippen LogP contribution in [0.25, 0.3) is 0 Å². The molecule has 0 radical (unpaired) electrons. The molecule has 0 aliphatic carbocycles. The van der Waals surface area contributed by atoms with Gasteiger partial charge in [-0.3, -0.25) is 9.78 Å². The standard InChI is InChI=1S/C17H21N5O2/c1-2-24-16-15(19-9-10-20-16)21-13-6-11-22(12-7-13)17(23)14-5-3-4-8-18-14/h3-5,8-10,13H,2,6-7,11-12H2,1H3,(H,19,21). The van der Waals surface area contributed by atoms with Gasteiger partial charge in [0.1, 0.15) is 5.69 Å². The van der Waals surface area contributed by atoms with Crippen LogP contribution in [0.5, 0.6) is 5.88 Å². The SMILES string of the molecule is CCOc1nccnc1NC1CCN(C(=O)c2ccccn2)CC1. The van der Waals surface area contributed by atoms with Crippen molar-refractivity contribution in [2.45, 2.75) is 25.8 Å². The largest absolute Gasteiger partial charge is 0.475 e. The van der Waals surface area contributed by atoms with Gasteiger partial charge >= 0.3 is 0 Å². The molecule has 0 atom stereocenters. The maximum atomic E-state index is 12.4. The zero-order chi connectivity index (χ0) is 16.8. The zero-order valence-electron chi connectivity index (χ0n) is 13.7. The van der Waals surface area contributed by atoms with Crippen molar-refractivity contribution in [1.29, 1.82) is 0 Å². The van der Waals surface area contributed by atoms with Gasteiger partial charge in [0.25, 0.3) is 11.8 Å². The third-order valence-electron chi connectivity index (χ3n) is 3.95. The Balaban J connectivity index is 1.57. The van der Waals surface area contributed by atoms with E-state index in [-0.39, 0.29) is 11.9 Å². The van der Waals surface area contributed by atoms with E-state index in [0.717, 1.165) is 12.8 Å². The Morgan fingerprint density at radius 3 is 2.71 bits per heavy atom. The maximum absolute atomic E-state index is 12.4. The van der Waals surface area contributed by atoms with E-state index < -0.39 is 0 Å². The first kappa shape index (κ1) is 16.2. The van der Waals surface area contributed by atoms with Crippen molar-refractivity contribution in [3.8, 4) is 5.88 Å². The van der Waals surface area contributed by atoms with Gasteiger partial charge in [-0.15, -0.1) is 0 Å². The number of anilines is 1. The summed E-state index contributed by atoms with van der Waals surface area (Å²) in [5, 5.41) is 3.38. The van der Waals surface area contributed by atoms with E-state index in [9.17, 15) is 4.79 Å². The molecule has 2 aromatic rings. The fraction of sp³-hybridized carbons (Fsp3) is 0.412. The van der Waals surface area contributed by atoms with E-state index in [0.29, 0.717) is 37.1 Å². The molecular formula is C17H21N5O2. The number of carbonyl (C=O) groups excluding carboxylic acids is 1. The summed E-state index contributed by atoms with van der Waals surface area (Å²) in [5.74, 6) is 1.17. The van der Waals surface area contributed by atoms with Crippen LogP contribution in [0.4, 0.5) is 5.82 Å². The van der Waals surface area contributed by atoms with Crippen molar-refractivity contribution < 1.29 is 9.53 Å². The maximum Gasteiger partial charge on any atom is 0.272 e. The Morgan fingerprint density at radius 1 is 1.21 bits per heavy atom. The lowest BCUT2D eigenvalue weighted by Gasteiger charge is -2.32. The molecule has 0 bridgehead atoms. The molecule has 3 rings (SSSR count). The molecule has 1 aliphatic heterocycles. The topological polar surface area (TPSA) is 80.2 Å². The lowest BCUT2D eigenvalue weighted by Crippen LogP contribution is -2.42. The number of hydrogen-bond donors (Lipinski definition) is 1. The van der Waals surface area contributed by atoms with Crippen molar-refractivity contribution >= 4 is 11.7 Å². The molecule has 0 unspecified atom stereocenters. The predicted octanol–water partition coefficient (Wildman–Crippen LogP) is 1.99. The van der Waals surface area contributed by atoms with Crippen molar-refractivity contribution in [2.24, 2.45) is 0 Å². The summed E-state index contributed by atoms with van der Waals surface area (Å²) in [6.07, 6.45) is 6.60. The lowest BCUT2D eigenvalue weighted by molar-refractivity contribution is 0.0712. The summed E-state index contributed by atoms with van der Waals surface area (Å²) < 4.78 is 5.49. The van der Waals surface area contributed by atoms with Crippen LogP contribution in [0.3, 0.4) is 0 Å². The molecule has 2 aromatic heterocycles. The van der Waals surface area contributed by atoms with E-state index >= 15 is 0 Å². The monoisotopic (exact) mass is 327 g/mol. The molecule has 0 saturated carbocycles. The van der Waals surface area contributed by atoms with Crippen molar-refractivity contribution in [2.75, 3.05) is 25.0 Å². The molecule has 3 heterocycles. The number of pyridine rings is 1. The summed E-state index contributed by atoms with van der Waals surface area (Å²) >= 11 is 0. The lowest BCUT2D eigenvalue weighted by atomic mass is 10.0. The Kier molecular flexibility index (Phi) is 5.20. The summed E-state index contributed by atoms with van der Waals surface area (Å²) in [5.41, 5.74) is 0.497. The zero-order valence-corrected chi connectivity index (χ0v) is 13.7. The highest BCUT2D eigenvalue weighted by Crippen LogP contribution is 2.22. The first-order valence-electron chi connectivity index (χ1n) is 8.18. The number of amides is 1. The third kappa shape index (κ3) is 3.79. The fourth-order valence-electron chi connectivity index (χ4n) is 2.74. The average molecular weight is 327 g/mol. The van der Waals surface area contributed by atoms with Crippen LogP contribution in [0.2, 0.25) is 0 Å². The highest BCUT2D eigenvalue weighted by Gasteiger charge is 2.25. The Bertz CT molecular complexity index is 672. The van der Waals surface area contributed by atoms with Crippen LogP contribution in [0.15, 0.2) is 36.8 Å². The first-order chi connectivity index (χ1) is 11.8. The van der Waals surface area contributed by atoms with E-state index in [2.05, 4.69) is 20.3 Å². The fourth-order valence-corrected chi connectivity index (χ4v) is 2.74. The summed E-state index contributed by atoms with van der Waals surface area (Å²) in [6.45, 7) is 3.85. The van der Waals surface area contributed by atoms with E-state index in [1.54, 1.807) is 24.7 Å². The van der Waals surface area contributed by atoms with Crippen LogP contribution in [0.1, 0.15) is 30.3 Å². The molecule has 1 aliphatic rings. The molecule has 24 heavy (non-hydrogen) atoms. The number of likely N-dealkylation sites (tertiary alicyclic amines) is 1. The molecule has 0 spiro atoms. The number of rotatable bonds is 5. The van der Waals surface area contributed by atoms with Crippen LogP contribution in [-0.4, -0.2) is 51.5 Å². The highest BCUT2D eigenvalue weighted by atomic mass is 16.5. The van der Waals surface area contributed by atoms with Gasteiger partial charge in [-0.1, -0.05) is 6.07 Å². The number of piperidine rings is 1. The third-order valence-corrected chi connectivity index (χ3v) is 3.95. The van der Waals surface area contributed by atoms with Gasteiger partial charge in [-0.2, -0.15) is 0 Å². The van der Waals surface area contributed by atoms with E-state index in [1.165, 1.54) is 0 Å². The molecule has 0 aromatic carbocycles. The minimum Gasteiger partial charge on any atom is -0.475 e. The van der Waals surface area contributed by atoms with E-state index in [1.807, 2.05) is 24.0 Å². The summed E-state index contributed by atoms with van der Waals surface area (Å²) in [7, 11) is 0. The Morgan fingerprint density at radius 2 is 2.00 bits per heavy atom. The normalized spacial score (nSPS) is 15.1. The van der Waals surface area contributed by atoms with Gasteiger partial charge < -0.3 is 15.0 Å². The molecule has 7 heteroatoms. The van der Waals surface area contributed by atoms with Gasteiger partial charge in [0.2, 0.25) is 0 Å². The van der Waals surface area contributed by atoms with Crippen molar-refractivity contribution in [3.05, 3.63) is 42.5 Å². The van der Waals surface area contributed by atoms with Crippen LogP contribution < -0.4 is 10.1 Å². The smallest absolute Gasteiger partial charge is 0.272 e. The molecular weight excluding hydrogens is 306 g/mol. The minimum absolute atomic E-state index is 0.0106. The number of carbonyl (C=O) groups is 1. The Labute approximate surface area is 141 Å². The van der Waals surface area contributed by atoms with Crippen LogP contribution >= 0.6 is 0 Å². The molecule has 1 amide bonds. The quantitative estimate of drug-likeness (QED) is 0.904. The minimum atomic E-state index is -0.0106.